The number of rotatable bonds is 21. The topological polar surface area (TPSA) is 63.1 Å². The minimum absolute atomic E-state index is 0.613. The fourth-order valence-electron chi connectivity index (χ4n) is 4.56. The van der Waals surface area contributed by atoms with Gasteiger partial charge >= 0.3 is 17.6 Å². The van der Waals surface area contributed by atoms with Gasteiger partial charge in [-0.1, -0.05) is 0 Å². The van der Waals surface area contributed by atoms with E-state index >= 15 is 0 Å². The van der Waals surface area contributed by atoms with Crippen LogP contribution in [-0.2, 0) is 39.6 Å². The summed E-state index contributed by atoms with van der Waals surface area (Å²) in [5, 5.41) is 0. The maximum Gasteiger partial charge on any atom is 0.501 e. The van der Waals surface area contributed by atoms with Gasteiger partial charge in [-0.25, -0.2) is 9.13 Å². The molecule has 2 rings (SSSR count). The Balaban J connectivity index is 1.91. The monoisotopic (exact) mass is 566 g/mol. The molecule has 0 aliphatic rings. The molecule has 0 N–H and O–H groups in total. The van der Waals surface area contributed by atoms with Crippen molar-refractivity contribution in [2.75, 3.05) is 39.6 Å². The van der Waals surface area contributed by atoms with Crippen LogP contribution in [0.15, 0.2) is 49.1 Å². The maximum atomic E-state index is 5.97. The molecule has 0 aliphatic heterocycles. The Labute approximate surface area is 232 Å². The van der Waals surface area contributed by atoms with E-state index in [4.69, 9.17) is 26.6 Å². The second-order valence-electron chi connectivity index (χ2n) is 8.82. The third-order valence-electron chi connectivity index (χ3n) is 6.10. The van der Waals surface area contributed by atoms with Crippen molar-refractivity contribution in [1.82, 2.24) is 0 Å². The summed E-state index contributed by atoms with van der Waals surface area (Å²) in [4.78, 5) is 0. The van der Waals surface area contributed by atoms with E-state index in [0.29, 0.717) is 39.6 Å². The molecule has 0 bridgehead atoms. The molecule has 0 saturated heterocycles. The molecular weight excluding hydrogens is 516 g/mol. The highest BCUT2D eigenvalue weighted by molar-refractivity contribution is 6.61. The number of nitrogens with zero attached hydrogens (tertiary/aromatic N) is 2. The SMILES string of the molecule is CCO[Si](CCC[n+]1ccc(-c2cc[n+](CCC[Si](OCC)(OCC)OCC)cc2)cc1)(OCC)OCC. The van der Waals surface area contributed by atoms with Gasteiger partial charge in [0, 0.05) is 88.8 Å². The van der Waals surface area contributed by atoms with Crippen molar-refractivity contribution in [1.29, 1.82) is 0 Å². The van der Waals surface area contributed by atoms with E-state index in [-0.39, 0.29) is 0 Å². The first-order chi connectivity index (χ1) is 18.5. The van der Waals surface area contributed by atoms with Crippen LogP contribution in [0.1, 0.15) is 54.4 Å². The lowest BCUT2D eigenvalue weighted by Gasteiger charge is -2.28. The molecule has 0 radical (unpaired) electrons. The Morgan fingerprint density at radius 3 is 0.974 bits per heavy atom. The van der Waals surface area contributed by atoms with Crippen molar-refractivity contribution >= 4 is 17.6 Å². The number of pyridine rings is 2. The highest BCUT2D eigenvalue weighted by atomic mass is 28.4. The average Bonchev–Trinajstić information content (AvgIpc) is 2.91. The second kappa shape index (κ2) is 18.0. The molecule has 0 fully saturated rings. The van der Waals surface area contributed by atoms with Gasteiger partial charge in [0.15, 0.2) is 24.8 Å². The fraction of sp³-hybridized carbons (Fsp3) is 0.643. The number of hydrogen-bond donors (Lipinski definition) is 0. The minimum Gasteiger partial charge on any atom is -0.374 e. The summed E-state index contributed by atoms with van der Waals surface area (Å²) in [5.41, 5.74) is 2.40. The molecule has 2 heterocycles. The van der Waals surface area contributed by atoms with Crippen LogP contribution in [0.3, 0.4) is 0 Å². The van der Waals surface area contributed by atoms with Gasteiger partial charge in [0.2, 0.25) is 0 Å². The summed E-state index contributed by atoms with van der Waals surface area (Å²) in [6.07, 6.45) is 10.5. The molecule has 214 valence electrons. The van der Waals surface area contributed by atoms with Gasteiger partial charge in [-0.15, -0.1) is 0 Å². The zero-order chi connectivity index (χ0) is 27.7. The molecule has 0 aliphatic carbocycles. The molecule has 8 nitrogen and oxygen atoms in total. The lowest BCUT2D eigenvalue weighted by Crippen LogP contribution is -2.47. The Hall–Kier alpha value is -1.51. The maximum absolute atomic E-state index is 5.97. The van der Waals surface area contributed by atoms with Gasteiger partial charge in [0.05, 0.1) is 0 Å². The van der Waals surface area contributed by atoms with Crippen molar-refractivity contribution in [2.24, 2.45) is 0 Å². The fourth-order valence-corrected chi connectivity index (χ4v) is 9.74. The molecule has 0 unspecified atom stereocenters. The quantitative estimate of drug-likeness (QED) is 0.160. The Morgan fingerprint density at radius 2 is 0.737 bits per heavy atom. The van der Waals surface area contributed by atoms with E-state index in [0.717, 1.165) is 38.0 Å². The highest BCUT2D eigenvalue weighted by Crippen LogP contribution is 2.20. The third-order valence-corrected chi connectivity index (χ3v) is 12.4. The molecule has 38 heavy (non-hydrogen) atoms. The minimum atomic E-state index is -2.59. The summed E-state index contributed by atoms with van der Waals surface area (Å²) in [5.74, 6) is 0. The zero-order valence-corrected chi connectivity index (χ0v) is 26.4. The van der Waals surface area contributed by atoms with Crippen LogP contribution >= 0.6 is 0 Å². The van der Waals surface area contributed by atoms with Gasteiger partial charge in [-0.2, -0.15) is 0 Å². The Kier molecular flexibility index (Phi) is 15.5. The van der Waals surface area contributed by atoms with Crippen LogP contribution < -0.4 is 9.13 Å². The predicted molar refractivity (Wildman–Crippen MR) is 152 cm³/mol. The third kappa shape index (κ3) is 10.6. The molecule has 2 aromatic rings. The standard InChI is InChI=1S/C28H50N2O6Si2/c1-7-31-37(32-8-2,33-9-3)25-13-19-29-21-15-27(16-22-29)28-17-23-30(24-18-28)20-14-26-38(34-10-4,35-11-5)36-12-6/h15-18,21-24H,7-14,19-20,25-26H2,1-6H3/q+2. The van der Waals surface area contributed by atoms with Crippen molar-refractivity contribution < 1.29 is 35.7 Å². The predicted octanol–water partition coefficient (Wildman–Crippen LogP) is 4.81. The summed E-state index contributed by atoms with van der Waals surface area (Å²) in [6, 6.07) is 10.3. The van der Waals surface area contributed by atoms with Crippen LogP contribution in [0.25, 0.3) is 11.1 Å². The van der Waals surface area contributed by atoms with Gasteiger partial charge in [-0.05, 0) is 52.7 Å². The van der Waals surface area contributed by atoms with Crippen LogP contribution in [0.4, 0.5) is 0 Å². The first kappa shape index (κ1) is 32.7. The summed E-state index contributed by atoms with van der Waals surface area (Å²) < 4.78 is 40.3. The summed E-state index contributed by atoms with van der Waals surface area (Å²) in [6.45, 7) is 17.5. The largest absolute Gasteiger partial charge is 0.501 e. The smallest absolute Gasteiger partial charge is 0.374 e. The average molecular weight is 567 g/mol. The Morgan fingerprint density at radius 1 is 0.474 bits per heavy atom. The van der Waals surface area contributed by atoms with Crippen molar-refractivity contribution in [3.05, 3.63) is 49.1 Å². The van der Waals surface area contributed by atoms with Gasteiger partial charge < -0.3 is 26.6 Å². The lowest BCUT2D eigenvalue weighted by atomic mass is 10.1. The van der Waals surface area contributed by atoms with Crippen LogP contribution in [0, 0.1) is 0 Å². The molecule has 0 saturated carbocycles. The van der Waals surface area contributed by atoms with E-state index in [1.54, 1.807) is 0 Å². The van der Waals surface area contributed by atoms with Gasteiger partial charge in [-0.3, -0.25) is 0 Å². The van der Waals surface area contributed by atoms with Gasteiger partial charge in [0.25, 0.3) is 0 Å². The molecule has 0 atom stereocenters. The molecule has 0 aromatic carbocycles. The van der Waals surface area contributed by atoms with Crippen molar-refractivity contribution in [2.45, 2.75) is 79.6 Å². The van der Waals surface area contributed by atoms with E-state index in [1.165, 1.54) is 11.1 Å². The second-order valence-corrected chi connectivity index (χ2v) is 14.3. The van der Waals surface area contributed by atoms with E-state index in [9.17, 15) is 0 Å². The van der Waals surface area contributed by atoms with Gasteiger partial charge in [0.1, 0.15) is 13.1 Å². The summed E-state index contributed by atoms with van der Waals surface area (Å²) >= 11 is 0. The molecule has 0 amide bonds. The van der Waals surface area contributed by atoms with Crippen LogP contribution in [0.5, 0.6) is 0 Å². The Bertz CT molecular complexity index is 778. The van der Waals surface area contributed by atoms with Crippen LogP contribution in [-0.4, -0.2) is 57.3 Å². The first-order valence-electron chi connectivity index (χ1n) is 14.3. The van der Waals surface area contributed by atoms with E-state index in [2.05, 4.69) is 58.2 Å². The molecule has 10 heteroatoms. The molecule has 0 spiro atoms. The van der Waals surface area contributed by atoms with E-state index < -0.39 is 17.6 Å². The number of aromatic nitrogens is 2. The number of aryl methyl sites for hydroxylation is 2. The normalized spacial score (nSPS) is 12.3. The highest BCUT2D eigenvalue weighted by Gasteiger charge is 2.41. The van der Waals surface area contributed by atoms with Crippen LogP contribution in [0.2, 0.25) is 12.1 Å². The number of hydrogen-bond acceptors (Lipinski definition) is 6. The van der Waals surface area contributed by atoms with Crippen molar-refractivity contribution in [3.63, 3.8) is 0 Å². The molecule has 2 aromatic heterocycles. The summed E-state index contributed by atoms with van der Waals surface area (Å²) in [7, 11) is -5.17. The van der Waals surface area contributed by atoms with Crippen molar-refractivity contribution in [3.8, 4) is 11.1 Å². The lowest BCUT2D eigenvalue weighted by molar-refractivity contribution is -0.697. The molecular formula is C28H50N2O6Si2+2. The van der Waals surface area contributed by atoms with E-state index in [1.807, 2.05) is 41.5 Å². The first-order valence-corrected chi connectivity index (χ1v) is 18.2. The zero-order valence-electron chi connectivity index (χ0n) is 24.4.